The van der Waals surface area contributed by atoms with Crippen LogP contribution in [0.4, 0.5) is 5.69 Å². The summed E-state index contributed by atoms with van der Waals surface area (Å²) in [5.74, 6) is 0. The second kappa shape index (κ2) is 6.59. The van der Waals surface area contributed by atoms with Gasteiger partial charge in [-0.05, 0) is 49.9 Å². The number of hydrogen-bond donors (Lipinski definition) is 1. The molecule has 110 valence electrons. The summed E-state index contributed by atoms with van der Waals surface area (Å²) in [4.78, 5) is 4.99. The third-order valence-electron chi connectivity index (χ3n) is 4.74. The maximum Gasteiger partial charge on any atom is 0.0375 e. The maximum atomic E-state index is 3.68. The molecule has 1 saturated heterocycles. The summed E-state index contributed by atoms with van der Waals surface area (Å²) >= 11 is 0. The fraction of sp³-hybridized carbons (Fsp3) is 0.647. The highest BCUT2D eigenvalue weighted by atomic mass is 15.2. The Hall–Kier alpha value is -1.06. The summed E-state index contributed by atoms with van der Waals surface area (Å²) in [6, 6.07) is 6.77. The van der Waals surface area contributed by atoms with Crippen LogP contribution in [0.25, 0.3) is 0 Å². The topological polar surface area (TPSA) is 18.5 Å². The van der Waals surface area contributed by atoms with Gasteiger partial charge in [-0.1, -0.05) is 12.1 Å². The first-order valence-corrected chi connectivity index (χ1v) is 8.08. The van der Waals surface area contributed by atoms with Gasteiger partial charge in [0.15, 0.2) is 0 Å². The summed E-state index contributed by atoms with van der Waals surface area (Å²) in [6.07, 6.45) is 5.23. The third kappa shape index (κ3) is 3.33. The lowest BCUT2D eigenvalue weighted by Gasteiger charge is -2.32. The van der Waals surface area contributed by atoms with Crippen molar-refractivity contribution >= 4 is 5.69 Å². The minimum Gasteiger partial charge on any atom is -0.384 e. The Kier molecular flexibility index (Phi) is 4.58. The molecule has 2 aliphatic rings. The van der Waals surface area contributed by atoms with Crippen LogP contribution in [-0.4, -0.2) is 56.1 Å². The van der Waals surface area contributed by atoms with Crippen molar-refractivity contribution in [2.24, 2.45) is 0 Å². The summed E-state index contributed by atoms with van der Waals surface area (Å²) in [6.45, 7) is 7.08. The Morgan fingerprint density at radius 2 is 1.85 bits per heavy atom. The monoisotopic (exact) mass is 273 g/mol. The molecule has 1 fully saturated rings. The van der Waals surface area contributed by atoms with Gasteiger partial charge in [-0.3, -0.25) is 4.90 Å². The maximum absolute atomic E-state index is 3.68. The Morgan fingerprint density at radius 1 is 1.05 bits per heavy atom. The minimum atomic E-state index is 1.07. The molecule has 0 spiro atoms. The van der Waals surface area contributed by atoms with Gasteiger partial charge in [0.05, 0.1) is 0 Å². The molecule has 0 radical (unpaired) electrons. The number of rotatable bonds is 4. The van der Waals surface area contributed by atoms with E-state index in [1.54, 1.807) is 11.1 Å². The van der Waals surface area contributed by atoms with Crippen LogP contribution in [0.3, 0.4) is 0 Å². The molecule has 3 nitrogen and oxygen atoms in total. The van der Waals surface area contributed by atoms with Crippen LogP contribution in [0.5, 0.6) is 0 Å². The van der Waals surface area contributed by atoms with E-state index in [0.29, 0.717) is 0 Å². The fourth-order valence-electron chi connectivity index (χ4n) is 3.37. The molecule has 1 aromatic rings. The first-order valence-electron chi connectivity index (χ1n) is 8.08. The molecule has 1 aliphatic heterocycles. The molecular weight excluding hydrogens is 246 g/mol. The average molecular weight is 273 g/mol. The van der Waals surface area contributed by atoms with Crippen molar-refractivity contribution in [2.75, 3.05) is 51.6 Å². The SMILES string of the molecule is CN1CCN(CCNc2cccc3c2CCCC3)CC1. The lowest BCUT2D eigenvalue weighted by atomic mass is 9.90. The van der Waals surface area contributed by atoms with Crippen molar-refractivity contribution < 1.29 is 0 Å². The van der Waals surface area contributed by atoms with Gasteiger partial charge in [0.25, 0.3) is 0 Å². The van der Waals surface area contributed by atoms with Gasteiger partial charge in [-0.2, -0.15) is 0 Å². The predicted octanol–water partition coefficient (Wildman–Crippen LogP) is 2.22. The van der Waals surface area contributed by atoms with Crippen LogP contribution in [-0.2, 0) is 12.8 Å². The van der Waals surface area contributed by atoms with Gasteiger partial charge in [-0.15, -0.1) is 0 Å². The zero-order valence-corrected chi connectivity index (χ0v) is 12.7. The van der Waals surface area contributed by atoms with E-state index in [-0.39, 0.29) is 0 Å². The van der Waals surface area contributed by atoms with Crippen molar-refractivity contribution in [3.63, 3.8) is 0 Å². The molecule has 20 heavy (non-hydrogen) atoms. The Labute approximate surface area is 123 Å². The Morgan fingerprint density at radius 3 is 2.70 bits per heavy atom. The van der Waals surface area contributed by atoms with E-state index in [0.717, 1.165) is 13.1 Å². The summed E-state index contributed by atoms with van der Waals surface area (Å²) < 4.78 is 0. The van der Waals surface area contributed by atoms with E-state index in [1.807, 2.05) is 0 Å². The molecule has 0 amide bonds. The number of hydrogen-bond acceptors (Lipinski definition) is 3. The van der Waals surface area contributed by atoms with Crippen LogP contribution in [0.15, 0.2) is 18.2 Å². The molecular formula is C17H27N3. The highest BCUT2D eigenvalue weighted by Gasteiger charge is 2.14. The first kappa shape index (κ1) is 13.9. The van der Waals surface area contributed by atoms with Gasteiger partial charge >= 0.3 is 0 Å². The van der Waals surface area contributed by atoms with Gasteiger partial charge in [-0.25, -0.2) is 0 Å². The number of likely N-dealkylation sites (N-methyl/N-ethyl adjacent to an activating group) is 1. The van der Waals surface area contributed by atoms with Crippen LogP contribution >= 0.6 is 0 Å². The van der Waals surface area contributed by atoms with Gasteiger partial charge in [0, 0.05) is 45.0 Å². The quantitative estimate of drug-likeness (QED) is 0.907. The number of benzene rings is 1. The molecule has 1 heterocycles. The van der Waals surface area contributed by atoms with Crippen molar-refractivity contribution in [1.29, 1.82) is 0 Å². The number of nitrogens with zero attached hydrogens (tertiary/aromatic N) is 2. The van der Waals surface area contributed by atoms with E-state index < -0.39 is 0 Å². The van der Waals surface area contributed by atoms with Gasteiger partial charge in [0.1, 0.15) is 0 Å². The molecule has 3 heteroatoms. The molecule has 1 aliphatic carbocycles. The molecule has 0 saturated carbocycles. The molecule has 0 atom stereocenters. The van der Waals surface area contributed by atoms with Crippen LogP contribution in [0, 0.1) is 0 Å². The molecule has 1 N–H and O–H groups in total. The molecule has 1 aromatic carbocycles. The predicted molar refractivity (Wildman–Crippen MR) is 85.5 cm³/mol. The number of aryl methyl sites for hydroxylation is 1. The van der Waals surface area contributed by atoms with Crippen LogP contribution in [0.2, 0.25) is 0 Å². The Bertz CT molecular complexity index is 436. The zero-order chi connectivity index (χ0) is 13.8. The normalized spacial score (nSPS) is 20.6. The van der Waals surface area contributed by atoms with Crippen LogP contribution < -0.4 is 5.32 Å². The fourth-order valence-corrected chi connectivity index (χ4v) is 3.37. The molecule has 0 aromatic heterocycles. The van der Waals surface area contributed by atoms with Crippen molar-refractivity contribution in [3.8, 4) is 0 Å². The lowest BCUT2D eigenvalue weighted by Crippen LogP contribution is -2.45. The summed E-state index contributed by atoms with van der Waals surface area (Å²) in [5.41, 5.74) is 4.54. The van der Waals surface area contributed by atoms with Gasteiger partial charge < -0.3 is 10.2 Å². The van der Waals surface area contributed by atoms with Crippen LogP contribution in [0.1, 0.15) is 24.0 Å². The largest absolute Gasteiger partial charge is 0.384 e. The van der Waals surface area contributed by atoms with Crippen molar-refractivity contribution in [2.45, 2.75) is 25.7 Å². The molecule has 0 bridgehead atoms. The summed E-state index contributed by atoms with van der Waals surface area (Å²) in [5, 5.41) is 3.68. The van der Waals surface area contributed by atoms with E-state index in [2.05, 4.69) is 40.4 Å². The smallest absolute Gasteiger partial charge is 0.0375 e. The van der Waals surface area contributed by atoms with Crippen molar-refractivity contribution in [1.82, 2.24) is 9.80 Å². The Balaban J connectivity index is 1.51. The second-order valence-electron chi connectivity index (χ2n) is 6.22. The first-order chi connectivity index (χ1) is 9.83. The van der Waals surface area contributed by atoms with E-state index >= 15 is 0 Å². The number of nitrogens with one attached hydrogen (secondary N) is 1. The average Bonchev–Trinajstić information content (AvgIpc) is 2.49. The number of fused-ring (bicyclic) bond motifs is 1. The zero-order valence-electron chi connectivity index (χ0n) is 12.7. The highest BCUT2D eigenvalue weighted by Crippen LogP contribution is 2.27. The standard InChI is InChI=1S/C17H27N3/c1-19-11-13-20(14-12-19)10-9-18-17-8-4-6-15-5-2-3-7-16(15)17/h4,6,8,18H,2-3,5,7,9-14H2,1H3. The second-order valence-corrected chi connectivity index (χ2v) is 6.22. The molecule has 0 unspecified atom stereocenters. The third-order valence-corrected chi connectivity index (χ3v) is 4.74. The minimum absolute atomic E-state index is 1.07. The molecule has 3 rings (SSSR count). The number of anilines is 1. The van der Waals surface area contributed by atoms with E-state index in [1.165, 1.54) is 57.5 Å². The highest BCUT2D eigenvalue weighted by molar-refractivity contribution is 5.55. The summed E-state index contributed by atoms with van der Waals surface area (Å²) in [7, 11) is 2.21. The number of piperazine rings is 1. The van der Waals surface area contributed by atoms with E-state index in [9.17, 15) is 0 Å². The van der Waals surface area contributed by atoms with Crippen molar-refractivity contribution in [3.05, 3.63) is 29.3 Å². The van der Waals surface area contributed by atoms with E-state index in [4.69, 9.17) is 0 Å². The van der Waals surface area contributed by atoms with Gasteiger partial charge in [0.2, 0.25) is 0 Å². The lowest BCUT2D eigenvalue weighted by molar-refractivity contribution is 0.158.